The van der Waals surface area contributed by atoms with E-state index in [1.807, 2.05) is 0 Å². The highest BCUT2D eigenvalue weighted by Gasteiger charge is 2.33. The van der Waals surface area contributed by atoms with Crippen LogP contribution in [0.2, 0.25) is 0 Å². The van der Waals surface area contributed by atoms with E-state index in [4.69, 9.17) is 18.0 Å². The second kappa shape index (κ2) is 4.45. The number of thiocarbonyl (C=S) groups is 1. The zero-order valence-electron chi connectivity index (χ0n) is 10.2. The molecule has 0 heterocycles. The Kier molecular flexibility index (Phi) is 3.15. The van der Waals surface area contributed by atoms with Crippen LogP contribution in [0.3, 0.4) is 0 Å². The lowest BCUT2D eigenvalue weighted by atomic mass is 9.71. The van der Waals surface area contributed by atoms with Gasteiger partial charge in [0, 0.05) is 11.1 Å². The number of rotatable bonds is 1. The summed E-state index contributed by atoms with van der Waals surface area (Å²) in [7, 11) is 0. The van der Waals surface area contributed by atoms with E-state index in [9.17, 15) is 0 Å². The Morgan fingerprint density at radius 1 is 1.35 bits per heavy atom. The lowest BCUT2D eigenvalue weighted by Gasteiger charge is -2.33. The van der Waals surface area contributed by atoms with Gasteiger partial charge in [-0.15, -0.1) is 0 Å². The van der Waals surface area contributed by atoms with Gasteiger partial charge in [-0.3, -0.25) is 5.43 Å². The zero-order valence-corrected chi connectivity index (χ0v) is 11.0. The molecular weight excluding hydrogens is 230 g/mol. The van der Waals surface area contributed by atoms with Crippen molar-refractivity contribution in [1.82, 2.24) is 5.43 Å². The Morgan fingerprint density at radius 2 is 2.06 bits per heavy atom. The first-order valence-corrected chi connectivity index (χ1v) is 6.13. The Bertz CT molecular complexity index is 477. The number of hydrogen-bond donors (Lipinski definition) is 2. The van der Waals surface area contributed by atoms with Gasteiger partial charge in [0.2, 0.25) is 0 Å². The third-order valence-electron chi connectivity index (χ3n) is 3.34. The molecule has 0 amide bonds. The maximum atomic E-state index is 5.41. The van der Waals surface area contributed by atoms with Crippen molar-refractivity contribution in [2.75, 3.05) is 0 Å². The van der Waals surface area contributed by atoms with E-state index in [2.05, 4.69) is 48.6 Å². The van der Waals surface area contributed by atoms with Crippen LogP contribution in [0.5, 0.6) is 0 Å². The van der Waals surface area contributed by atoms with Gasteiger partial charge >= 0.3 is 0 Å². The molecular formula is C13H17N3S. The fraction of sp³-hybridized carbons (Fsp3) is 0.385. The fourth-order valence-corrected chi connectivity index (χ4v) is 2.43. The van der Waals surface area contributed by atoms with Crippen molar-refractivity contribution in [3.05, 3.63) is 35.4 Å². The van der Waals surface area contributed by atoms with Gasteiger partial charge in [0.25, 0.3) is 0 Å². The van der Waals surface area contributed by atoms with Crippen LogP contribution in [0.15, 0.2) is 29.4 Å². The number of nitrogens with one attached hydrogen (secondary N) is 1. The van der Waals surface area contributed by atoms with E-state index >= 15 is 0 Å². The summed E-state index contributed by atoms with van der Waals surface area (Å²) in [6.45, 7) is 4.37. The Balaban J connectivity index is 2.37. The maximum absolute atomic E-state index is 5.41. The summed E-state index contributed by atoms with van der Waals surface area (Å²) in [5, 5.41) is 4.55. The van der Waals surface area contributed by atoms with Crippen molar-refractivity contribution in [2.24, 2.45) is 10.8 Å². The molecule has 1 aliphatic carbocycles. The summed E-state index contributed by atoms with van der Waals surface area (Å²) >= 11 is 4.78. The largest absolute Gasteiger partial charge is 0.375 e. The minimum atomic E-state index is -0.0629. The molecule has 1 aromatic carbocycles. The van der Waals surface area contributed by atoms with Crippen LogP contribution in [0.4, 0.5) is 0 Å². The first kappa shape index (κ1) is 12.0. The van der Waals surface area contributed by atoms with Crippen LogP contribution in [-0.4, -0.2) is 10.8 Å². The van der Waals surface area contributed by atoms with Crippen molar-refractivity contribution in [2.45, 2.75) is 32.1 Å². The molecule has 4 heteroatoms. The van der Waals surface area contributed by atoms with Crippen LogP contribution in [0, 0.1) is 0 Å². The van der Waals surface area contributed by atoms with Gasteiger partial charge in [-0.05, 0) is 36.2 Å². The Labute approximate surface area is 107 Å². The summed E-state index contributed by atoms with van der Waals surface area (Å²) in [4.78, 5) is 0. The van der Waals surface area contributed by atoms with Gasteiger partial charge in [-0.25, -0.2) is 0 Å². The third-order valence-corrected chi connectivity index (χ3v) is 3.44. The molecule has 0 atom stereocenters. The van der Waals surface area contributed by atoms with E-state index in [-0.39, 0.29) is 10.5 Å². The summed E-state index contributed by atoms with van der Waals surface area (Å²) in [6, 6.07) is 8.52. The molecule has 0 saturated carbocycles. The number of nitrogens with two attached hydrogens (primary N) is 1. The molecule has 3 N–H and O–H groups in total. The number of benzene rings is 1. The first-order valence-electron chi connectivity index (χ1n) is 5.72. The van der Waals surface area contributed by atoms with E-state index in [1.165, 1.54) is 11.1 Å². The molecule has 0 aliphatic heterocycles. The highest BCUT2D eigenvalue weighted by Crippen LogP contribution is 2.34. The van der Waals surface area contributed by atoms with Crippen molar-refractivity contribution in [3.8, 4) is 0 Å². The van der Waals surface area contributed by atoms with Crippen LogP contribution in [0.1, 0.15) is 31.4 Å². The highest BCUT2D eigenvalue weighted by atomic mass is 32.1. The summed E-state index contributed by atoms with van der Waals surface area (Å²) in [5.74, 6) is 0. The second-order valence-corrected chi connectivity index (χ2v) is 5.26. The van der Waals surface area contributed by atoms with E-state index in [1.54, 1.807) is 0 Å². The van der Waals surface area contributed by atoms with E-state index in [0.717, 1.165) is 18.6 Å². The topological polar surface area (TPSA) is 50.4 Å². The minimum absolute atomic E-state index is 0.0629. The number of nitrogens with zero attached hydrogens (tertiary/aromatic N) is 1. The van der Waals surface area contributed by atoms with Crippen molar-refractivity contribution in [1.29, 1.82) is 0 Å². The normalized spacial score (nSPS) is 19.8. The molecule has 90 valence electrons. The predicted molar refractivity (Wildman–Crippen MR) is 75.1 cm³/mol. The maximum Gasteiger partial charge on any atom is 0.184 e. The molecule has 0 radical (unpaired) electrons. The van der Waals surface area contributed by atoms with Gasteiger partial charge in [-0.2, -0.15) is 5.10 Å². The molecule has 3 nitrogen and oxygen atoms in total. The SMILES string of the molecule is CC1(C)/C(=N\NC(N)=S)CCc2ccccc21. The molecule has 1 aromatic rings. The molecule has 0 aromatic heterocycles. The standard InChI is InChI=1S/C13H17N3S/c1-13(2)10-6-4-3-5-9(10)7-8-11(13)15-16-12(14)17/h3-6H,7-8H2,1-2H3,(H3,14,16,17)/b15-11-. The van der Waals surface area contributed by atoms with Gasteiger partial charge in [0.15, 0.2) is 5.11 Å². The average Bonchev–Trinajstić information content (AvgIpc) is 2.28. The zero-order chi connectivity index (χ0) is 12.5. The Morgan fingerprint density at radius 3 is 2.76 bits per heavy atom. The van der Waals surface area contributed by atoms with Crippen molar-refractivity contribution >= 4 is 23.0 Å². The van der Waals surface area contributed by atoms with Gasteiger partial charge < -0.3 is 5.73 Å². The molecule has 17 heavy (non-hydrogen) atoms. The number of fused-ring (bicyclic) bond motifs is 1. The summed E-state index contributed by atoms with van der Waals surface area (Å²) in [6.07, 6.45) is 1.97. The predicted octanol–water partition coefficient (Wildman–Crippen LogP) is 2.10. The average molecular weight is 247 g/mol. The third kappa shape index (κ3) is 2.31. The Hall–Kier alpha value is -1.42. The molecule has 0 saturated heterocycles. The number of hydrazone groups is 1. The van der Waals surface area contributed by atoms with Crippen LogP contribution in [0.25, 0.3) is 0 Å². The monoisotopic (exact) mass is 247 g/mol. The van der Waals surface area contributed by atoms with Crippen LogP contribution in [-0.2, 0) is 11.8 Å². The quantitative estimate of drug-likeness (QED) is 0.590. The number of aryl methyl sites for hydroxylation is 1. The smallest absolute Gasteiger partial charge is 0.184 e. The van der Waals surface area contributed by atoms with Crippen molar-refractivity contribution in [3.63, 3.8) is 0 Å². The lowest BCUT2D eigenvalue weighted by molar-refractivity contribution is 0.650. The molecule has 0 unspecified atom stereocenters. The summed E-state index contributed by atoms with van der Waals surface area (Å²) in [5.41, 5.74) is 11.9. The number of hydrogen-bond acceptors (Lipinski definition) is 2. The second-order valence-electron chi connectivity index (χ2n) is 4.82. The van der Waals surface area contributed by atoms with Crippen molar-refractivity contribution < 1.29 is 0 Å². The first-order chi connectivity index (χ1) is 8.01. The van der Waals surface area contributed by atoms with Gasteiger partial charge in [-0.1, -0.05) is 38.1 Å². The molecule has 0 fully saturated rings. The molecule has 0 bridgehead atoms. The van der Waals surface area contributed by atoms with E-state index in [0.29, 0.717) is 0 Å². The van der Waals surface area contributed by atoms with Gasteiger partial charge in [0.05, 0.1) is 0 Å². The molecule has 1 aliphatic rings. The van der Waals surface area contributed by atoms with Crippen LogP contribution >= 0.6 is 12.2 Å². The van der Waals surface area contributed by atoms with E-state index < -0.39 is 0 Å². The molecule has 2 rings (SSSR count). The van der Waals surface area contributed by atoms with Crippen LogP contribution < -0.4 is 11.2 Å². The molecule has 0 spiro atoms. The lowest BCUT2D eigenvalue weighted by Crippen LogP contribution is -2.37. The summed E-state index contributed by atoms with van der Waals surface area (Å²) < 4.78 is 0. The van der Waals surface area contributed by atoms with Gasteiger partial charge in [0.1, 0.15) is 0 Å². The highest BCUT2D eigenvalue weighted by molar-refractivity contribution is 7.80. The minimum Gasteiger partial charge on any atom is -0.375 e. The fourth-order valence-electron chi connectivity index (χ4n) is 2.39.